The van der Waals surface area contributed by atoms with Gasteiger partial charge in [-0.05, 0) is 35.4 Å². The lowest BCUT2D eigenvalue weighted by atomic mass is 9.91. The summed E-state index contributed by atoms with van der Waals surface area (Å²) in [6, 6.07) is 11.7. The van der Waals surface area contributed by atoms with Crippen LogP contribution in [0.25, 0.3) is 0 Å². The number of hydrogen-bond donors (Lipinski definition) is 2. The number of nitrogens with two attached hydrogens (primary N) is 1. The van der Waals surface area contributed by atoms with Gasteiger partial charge in [-0.1, -0.05) is 29.5 Å². The van der Waals surface area contributed by atoms with Gasteiger partial charge in [-0.15, -0.1) is 0 Å². The summed E-state index contributed by atoms with van der Waals surface area (Å²) in [5.74, 6) is 1.10. The van der Waals surface area contributed by atoms with Crippen LogP contribution in [0.5, 0.6) is 11.5 Å². The van der Waals surface area contributed by atoms with Gasteiger partial charge in [-0.3, -0.25) is 4.79 Å². The second-order valence-corrected chi connectivity index (χ2v) is 7.46. The number of nitrogens with one attached hydrogen (secondary N) is 1. The summed E-state index contributed by atoms with van der Waals surface area (Å²) >= 11 is 1.37. The van der Waals surface area contributed by atoms with Crippen molar-refractivity contribution in [2.24, 2.45) is 0 Å². The lowest BCUT2D eigenvalue weighted by molar-refractivity contribution is -0.116. The zero-order chi connectivity index (χ0) is 19.7. The molecule has 1 atom stereocenters. The number of nitrogens with zero attached hydrogens (tertiary/aromatic N) is 1. The standard InChI is InChI=1S/C20H18FN3O3S/c1-26-15-7-4-12(8-16(15)27-10-11-2-5-13(21)6-3-11)14-9-17(25)23-19-18(14)28-20(22)24-19/h2-8,14H,9-10H2,1H3,(H2,22,24)(H,23,25)/t14-/m1/s1. The summed E-state index contributed by atoms with van der Waals surface area (Å²) in [6.07, 6.45) is 0.304. The van der Waals surface area contributed by atoms with Crippen LogP contribution in [0.4, 0.5) is 15.3 Å². The molecule has 0 spiro atoms. The molecule has 0 fully saturated rings. The van der Waals surface area contributed by atoms with Crippen molar-refractivity contribution >= 4 is 28.2 Å². The van der Waals surface area contributed by atoms with E-state index in [2.05, 4.69) is 10.3 Å². The molecule has 0 saturated carbocycles. The Balaban J connectivity index is 1.63. The first kappa shape index (κ1) is 18.2. The van der Waals surface area contributed by atoms with E-state index in [-0.39, 0.29) is 24.2 Å². The van der Waals surface area contributed by atoms with E-state index < -0.39 is 0 Å². The van der Waals surface area contributed by atoms with E-state index in [1.165, 1.54) is 23.5 Å². The maximum Gasteiger partial charge on any atom is 0.226 e. The summed E-state index contributed by atoms with van der Waals surface area (Å²) in [7, 11) is 1.57. The Labute approximate surface area is 165 Å². The number of halogens is 1. The molecule has 1 amide bonds. The van der Waals surface area contributed by atoms with Crippen LogP contribution < -0.4 is 20.5 Å². The number of nitrogen functional groups attached to an aromatic ring is 1. The molecule has 2 aromatic carbocycles. The number of aromatic nitrogens is 1. The SMILES string of the molecule is COc1ccc([C@H]2CC(=O)Nc3nc(N)sc32)cc1OCc1ccc(F)cc1. The Hall–Kier alpha value is -3.13. The van der Waals surface area contributed by atoms with Crippen molar-refractivity contribution in [1.29, 1.82) is 0 Å². The van der Waals surface area contributed by atoms with Gasteiger partial charge in [-0.2, -0.15) is 0 Å². The molecule has 0 bridgehead atoms. The molecule has 0 saturated heterocycles. The predicted octanol–water partition coefficient (Wildman–Crippen LogP) is 3.93. The van der Waals surface area contributed by atoms with Crippen molar-refractivity contribution in [1.82, 2.24) is 4.98 Å². The van der Waals surface area contributed by atoms with Crippen LogP contribution in [0.2, 0.25) is 0 Å². The maximum atomic E-state index is 13.1. The number of anilines is 2. The highest BCUT2D eigenvalue weighted by molar-refractivity contribution is 7.16. The lowest BCUT2D eigenvalue weighted by Gasteiger charge is -2.22. The highest BCUT2D eigenvalue weighted by Gasteiger charge is 2.30. The van der Waals surface area contributed by atoms with E-state index in [0.717, 1.165) is 16.0 Å². The molecule has 3 N–H and O–H groups in total. The molecule has 4 rings (SSSR count). The topological polar surface area (TPSA) is 86.5 Å². The van der Waals surface area contributed by atoms with Crippen molar-refractivity contribution in [3.05, 3.63) is 64.3 Å². The number of carbonyl (C=O) groups excluding carboxylic acids is 1. The molecular weight excluding hydrogens is 381 g/mol. The second-order valence-electron chi connectivity index (χ2n) is 6.40. The van der Waals surface area contributed by atoms with Gasteiger partial charge in [0.2, 0.25) is 5.91 Å². The second kappa shape index (κ2) is 7.47. The molecule has 28 heavy (non-hydrogen) atoms. The van der Waals surface area contributed by atoms with E-state index in [1.807, 2.05) is 18.2 Å². The molecule has 6 nitrogen and oxygen atoms in total. The van der Waals surface area contributed by atoms with Gasteiger partial charge in [-0.25, -0.2) is 9.37 Å². The van der Waals surface area contributed by atoms with Gasteiger partial charge < -0.3 is 20.5 Å². The summed E-state index contributed by atoms with van der Waals surface area (Å²) < 4.78 is 24.4. The third kappa shape index (κ3) is 3.63. The van der Waals surface area contributed by atoms with Gasteiger partial charge in [0.15, 0.2) is 16.6 Å². The number of hydrogen-bond acceptors (Lipinski definition) is 6. The van der Waals surface area contributed by atoms with Crippen molar-refractivity contribution in [3.8, 4) is 11.5 Å². The number of benzene rings is 2. The molecule has 1 aliphatic heterocycles. The first-order valence-corrected chi connectivity index (χ1v) is 9.46. The Kier molecular flexibility index (Phi) is 4.87. The van der Waals surface area contributed by atoms with Gasteiger partial charge >= 0.3 is 0 Å². The van der Waals surface area contributed by atoms with E-state index >= 15 is 0 Å². The number of ether oxygens (including phenoxy) is 2. The van der Waals surface area contributed by atoms with Crippen LogP contribution in [0.3, 0.4) is 0 Å². The number of methoxy groups -OCH3 is 1. The van der Waals surface area contributed by atoms with Crippen LogP contribution in [0.1, 0.15) is 28.3 Å². The van der Waals surface area contributed by atoms with E-state index in [1.54, 1.807) is 19.2 Å². The van der Waals surface area contributed by atoms with Crippen LogP contribution in [-0.4, -0.2) is 18.0 Å². The molecule has 0 aliphatic carbocycles. The molecule has 144 valence electrons. The van der Waals surface area contributed by atoms with E-state index in [9.17, 15) is 9.18 Å². The zero-order valence-corrected chi connectivity index (χ0v) is 15.9. The summed E-state index contributed by atoms with van der Waals surface area (Å²) in [4.78, 5) is 17.2. The van der Waals surface area contributed by atoms with Crippen LogP contribution in [-0.2, 0) is 11.4 Å². The van der Waals surface area contributed by atoms with Gasteiger partial charge in [0.25, 0.3) is 0 Å². The van der Waals surface area contributed by atoms with Crippen LogP contribution >= 0.6 is 11.3 Å². The maximum absolute atomic E-state index is 13.1. The number of fused-ring (bicyclic) bond motifs is 1. The van der Waals surface area contributed by atoms with Crippen LogP contribution in [0.15, 0.2) is 42.5 Å². The van der Waals surface area contributed by atoms with Gasteiger partial charge in [0, 0.05) is 12.3 Å². The first-order valence-electron chi connectivity index (χ1n) is 8.64. The average molecular weight is 399 g/mol. The minimum Gasteiger partial charge on any atom is -0.493 e. The largest absolute Gasteiger partial charge is 0.493 e. The lowest BCUT2D eigenvalue weighted by Crippen LogP contribution is -2.22. The van der Waals surface area contributed by atoms with Crippen LogP contribution in [0, 0.1) is 5.82 Å². The average Bonchev–Trinajstić information content (AvgIpc) is 3.06. The summed E-state index contributed by atoms with van der Waals surface area (Å²) in [6.45, 7) is 0.268. The number of rotatable bonds is 5. The monoisotopic (exact) mass is 399 g/mol. The molecule has 3 aromatic rings. The summed E-state index contributed by atoms with van der Waals surface area (Å²) in [5, 5.41) is 3.18. The van der Waals surface area contributed by atoms with Crippen molar-refractivity contribution in [3.63, 3.8) is 0 Å². The molecular formula is C20H18FN3O3S. The number of carbonyl (C=O) groups is 1. The Morgan fingerprint density at radius 2 is 2.04 bits per heavy atom. The Bertz CT molecular complexity index is 1020. The molecule has 0 unspecified atom stereocenters. The molecule has 2 heterocycles. The van der Waals surface area contributed by atoms with Gasteiger partial charge in [0.1, 0.15) is 18.2 Å². The highest BCUT2D eigenvalue weighted by Crippen LogP contribution is 2.43. The quantitative estimate of drug-likeness (QED) is 0.679. The number of thiazole rings is 1. The van der Waals surface area contributed by atoms with Gasteiger partial charge in [0.05, 0.1) is 12.0 Å². The van der Waals surface area contributed by atoms with E-state index in [0.29, 0.717) is 28.9 Å². The fourth-order valence-electron chi connectivity index (χ4n) is 3.17. The highest BCUT2D eigenvalue weighted by atomic mass is 32.1. The smallest absolute Gasteiger partial charge is 0.226 e. The van der Waals surface area contributed by atoms with E-state index in [4.69, 9.17) is 15.2 Å². The molecule has 0 radical (unpaired) electrons. The fraction of sp³-hybridized carbons (Fsp3) is 0.200. The summed E-state index contributed by atoms with van der Waals surface area (Å²) in [5.41, 5.74) is 7.58. The zero-order valence-electron chi connectivity index (χ0n) is 15.1. The molecule has 8 heteroatoms. The van der Waals surface area contributed by atoms with Crippen molar-refractivity contribution in [2.75, 3.05) is 18.2 Å². The Morgan fingerprint density at radius 3 is 2.79 bits per heavy atom. The molecule has 1 aliphatic rings. The predicted molar refractivity (Wildman–Crippen MR) is 105 cm³/mol. The minimum absolute atomic E-state index is 0.104. The third-order valence-electron chi connectivity index (χ3n) is 4.53. The van der Waals surface area contributed by atoms with Crippen molar-refractivity contribution in [2.45, 2.75) is 18.9 Å². The van der Waals surface area contributed by atoms with Crippen molar-refractivity contribution < 1.29 is 18.7 Å². The third-order valence-corrected chi connectivity index (χ3v) is 5.53. The number of amides is 1. The molecule has 1 aromatic heterocycles. The first-order chi connectivity index (χ1) is 13.5. The normalized spacial score (nSPS) is 15.6. The Morgan fingerprint density at radius 1 is 1.25 bits per heavy atom. The minimum atomic E-state index is -0.293. The fourth-order valence-corrected chi connectivity index (χ4v) is 4.09.